The molecule has 0 spiro atoms. The van der Waals surface area contributed by atoms with Gasteiger partial charge in [0.15, 0.2) is 10.6 Å². The van der Waals surface area contributed by atoms with Gasteiger partial charge in [-0.2, -0.15) is 5.10 Å². The van der Waals surface area contributed by atoms with E-state index >= 15 is 0 Å². The third kappa shape index (κ3) is 4.33. The summed E-state index contributed by atoms with van der Waals surface area (Å²) in [5.41, 5.74) is 0.936. The van der Waals surface area contributed by atoms with Gasteiger partial charge in [0.2, 0.25) is 5.91 Å². The van der Waals surface area contributed by atoms with Crippen molar-refractivity contribution in [3.8, 4) is 11.4 Å². The second-order valence-corrected chi connectivity index (χ2v) is 8.18. The maximum atomic E-state index is 12.7. The smallest absolute Gasteiger partial charge is 0.225 e. The molecule has 2 aromatic heterocycles. The first kappa shape index (κ1) is 20.0. The van der Waals surface area contributed by atoms with Gasteiger partial charge in [-0.25, -0.2) is 4.68 Å². The summed E-state index contributed by atoms with van der Waals surface area (Å²) in [4.78, 5) is 21.2. The molecule has 7 nitrogen and oxygen atoms in total. The average Bonchev–Trinajstić information content (AvgIpc) is 3.39. The molecule has 1 amide bonds. The largest absolute Gasteiger partial charge is 0.340 e. The van der Waals surface area contributed by atoms with Gasteiger partial charge in [-0.15, -0.1) is 6.58 Å². The normalized spacial score (nSPS) is 18.3. The predicted molar refractivity (Wildman–Crippen MR) is 115 cm³/mol. The molecule has 4 rings (SSSR count). The first-order valence-corrected chi connectivity index (χ1v) is 10.8. The molecule has 154 valence electrons. The van der Waals surface area contributed by atoms with Crippen molar-refractivity contribution in [1.29, 1.82) is 0 Å². The summed E-state index contributed by atoms with van der Waals surface area (Å²) < 4.78 is 4.53. The van der Waals surface area contributed by atoms with Gasteiger partial charge in [-0.05, 0) is 37.2 Å². The zero-order chi connectivity index (χ0) is 20.2. The number of carbonyl (C=O) groups excluding carboxylic acids is 1. The van der Waals surface area contributed by atoms with Gasteiger partial charge in [0.1, 0.15) is 0 Å². The Labute approximate surface area is 176 Å². The molecule has 1 aliphatic heterocycles. The van der Waals surface area contributed by atoms with E-state index in [9.17, 15) is 4.79 Å². The Balaban J connectivity index is 1.44. The lowest BCUT2D eigenvalue weighted by atomic mass is 10.1. The van der Waals surface area contributed by atoms with Crippen LogP contribution < -0.4 is 0 Å². The highest BCUT2D eigenvalue weighted by molar-refractivity contribution is 7.71. The van der Waals surface area contributed by atoms with E-state index in [1.807, 2.05) is 32.4 Å². The zero-order valence-corrected chi connectivity index (χ0v) is 17.6. The van der Waals surface area contributed by atoms with Crippen LogP contribution in [0.2, 0.25) is 0 Å². The van der Waals surface area contributed by atoms with Crippen molar-refractivity contribution in [3.05, 3.63) is 42.0 Å². The van der Waals surface area contributed by atoms with E-state index in [4.69, 9.17) is 17.3 Å². The molecule has 0 radical (unpaired) electrons. The number of allylic oxidation sites excluding steroid dienone is 1. The van der Waals surface area contributed by atoms with Gasteiger partial charge in [0, 0.05) is 56.6 Å². The van der Waals surface area contributed by atoms with Crippen molar-refractivity contribution in [1.82, 2.24) is 29.1 Å². The third-order valence-corrected chi connectivity index (χ3v) is 6.31. The molecule has 2 aliphatic rings. The van der Waals surface area contributed by atoms with Crippen molar-refractivity contribution in [3.63, 3.8) is 0 Å². The van der Waals surface area contributed by atoms with Crippen molar-refractivity contribution >= 4 is 18.1 Å². The summed E-state index contributed by atoms with van der Waals surface area (Å²) in [6, 6.07) is 3.89. The van der Waals surface area contributed by atoms with E-state index in [0.29, 0.717) is 23.9 Å². The SMILES string of the molecule is C=CCn1c(-c2cccnc2)nn(CN2CCN(C(=O)C3CCCC3)CC2)c1=S. The van der Waals surface area contributed by atoms with E-state index < -0.39 is 0 Å². The van der Waals surface area contributed by atoms with Crippen molar-refractivity contribution in [2.75, 3.05) is 26.2 Å². The number of hydrogen-bond acceptors (Lipinski definition) is 5. The zero-order valence-electron chi connectivity index (χ0n) is 16.7. The van der Waals surface area contributed by atoms with Gasteiger partial charge in [-0.1, -0.05) is 18.9 Å². The first-order valence-electron chi connectivity index (χ1n) is 10.4. The molecular formula is C21H28N6OS. The van der Waals surface area contributed by atoms with Gasteiger partial charge < -0.3 is 4.90 Å². The number of hydrogen-bond donors (Lipinski definition) is 0. The van der Waals surface area contributed by atoms with E-state index in [2.05, 4.69) is 16.5 Å². The standard InChI is InChI=1S/C21H28N6OS/c1-2-10-26-19(18-8-5-9-22-15-18)23-27(21(26)29)16-24-11-13-25(14-12-24)20(28)17-6-3-4-7-17/h2,5,8-9,15,17H,1,3-4,6-7,10-14,16H2. The fourth-order valence-corrected chi connectivity index (χ4v) is 4.53. The van der Waals surface area contributed by atoms with Crippen LogP contribution in [-0.4, -0.2) is 61.2 Å². The number of rotatable bonds is 6. The maximum Gasteiger partial charge on any atom is 0.225 e. The number of amides is 1. The van der Waals surface area contributed by atoms with Gasteiger partial charge in [0.25, 0.3) is 0 Å². The minimum Gasteiger partial charge on any atom is -0.340 e. The fourth-order valence-electron chi connectivity index (χ4n) is 4.27. The third-order valence-electron chi connectivity index (χ3n) is 5.88. The Morgan fingerprint density at radius 3 is 2.66 bits per heavy atom. The van der Waals surface area contributed by atoms with E-state index in [1.54, 1.807) is 12.4 Å². The van der Waals surface area contributed by atoms with Gasteiger partial charge in [-0.3, -0.25) is 19.2 Å². The van der Waals surface area contributed by atoms with Crippen LogP contribution in [0.25, 0.3) is 11.4 Å². The van der Waals surface area contributed by atoms with E-state index in [-0.39, 0.29) is 5.92 Å². The molecule has 0 unspecified atom stereocenters. The Hall–Kier alpha value is -2.32. The molecule has 0 bridgehead atoms. The number of nitrogens with zero attached hydrogens (tertiary/aromatic N) is 6. The highest BCUT2D eigenvalue weighted by Crippen LogP contribution is 2.27. The van der Waals surface area contributed by atoms with Crippen LogP contribution in [0.3, 0.4) is 0 Å². The molecule has 1 aliphatic carbocycles. The number of piperazine rings is 1. The summed E-state index contributed by atoms with van der Waals surface area (Å²) in [6.45, 7) is 8.33. The lowest BCUT2D eigenvalue weighted by Crippen LogP contribution is -2.50. The molecular weight excluding hydrogens is 384 g/mol. The van der Waals surface area contributed by atoms with Crippen LogP contribution in [0, 0.1) is 10.7 Å². The molecule has 2 aromatic rings. The predicted octanol–water partition coefficient (Wildman–Crippen LogP) is 2.95. The first-order chi connectivity index (χ1) is 14.2. The van der Waals surface area contributed by atoms with Crippen LogP contribution in [0.15, 0.2) is 37.2 Å². The second kappa shape index (κ2) is 9.00. The molecule has 0 N–H and O–H groups in total. The lowest BCUT2D eigenvalue weighted by molar-refractivity contribution is -0.137. The molecule has 3 heterocycles. The summed E-state index contributed by atoms with van der Waals surface area (Å²) in [5, 5.41) is 4.78. The summed E-state index contributed by atoms with van der Waals surface area (Å²) in [5.74, 6) is 1.41. The molecule has 1 saturated carbocycles. The van der Waals surface area contributed by atoms with Crippen molar-refractivity contribution in [2.24, 2.45) is 5.92 Å². The monoisotopic (exact) mass is 412 g/mol. The second-order valence-electron chi connectivity index (χ2n) is 7.81. The number of carbonyl (C=O) groups is 1. The van der Waals surface area contributed by atoms with E-state index in [0.717, 1.165) is 50.4 Å². The Morgan fingerprint density at radius 1 is 1.24 bits per heavy atom. The van der Waals surface area contributed by atoms with Crippen LogP contribution in [-0.2, 0) is 18.0 Å². The van der Waals surface area contributed by atoms with Crippen LogP contribution in [0.5, 0.6) is 0 Å². The van der Waals surface area contributed by atoms with Gasteiger partial charge in [0.05, 0.1) is 6.67 Å². The Bertz CT molecular complexity index is 907. The molecule has 1 saturated heterocycles. The van der Waals surface area contributed by atoms with Crippen LogP contribution in [0.1, 0.15) is 25.7 Å². The minimum atomic E-state index is 0.256. The molecule has 8 heteroatoms. The van der Waals surface area contributed by atoms with Crippen molar-refractivity contribution < 1.29 is 4.79 Å². The minimum absolute atomic E-state index is 0.256. The fraction of sp³-hybridized carbons (Fsp3) is 0.524. The van der Waals surface area contributed by atoms with Crippen molar-refractivity contribution in [2.45, 2.75) is 38.9 Å². The number of pyridine rings is 1. The lowest BCUT2D eigenvalue weighted by Gasteiger charge is -2.35. The van der Waals surface area contributed by atoms with E-state index in [1.165, 1.54) is 12.8 Å². The summed E-state index contributed by atoms with van der Waals surface area (Å²) in [7, 11) is 0. The number of aromatic nitrogens is 4. The van der Waals surface area contributed by atoms with Gasteiger partial charge >= 0.3 is 0 Å². The average molecular weight is 413 g/mol. The summed E-state index contributed by atoms with van der Waals surface area (Å²) >= 11 is 5.69. The highest BCUT2D eigenvalue weighted by Gasteiger charge is 2.29. The topological polar surface area (TPSA) is 59.2 Å². The molecule has 0 aromatic carbocycles. The maximum absolute atomic E-state index is 12.7. The Kier molecular flexibility index (Phi) is 6.20. The van der Waals surface area contributed by atoms with Crippen LogP contribution >= 0.6 is 12.2 Å². The van der Waals surface area contributed by atoms with Crippen LogP contribution in [0.4, 0.5) is 0 Å². The highest BCUT2D eigenvalue weighted by atomic mass is 32.1. The Morgan fingerprint density at radius 2 is 2.00 bits per heavy atom. The summed E-state index contributed by atoms with van der Waals surface area (Å²) in [6.07, 6.45) is 9.89. The molecule has 29 heavy (non-hydrogen) atoms. The quantitative estimate of drug-likeness (QED) is 0.539. The molecule has 2 fully saturated rings. The molecule has 0 atom stereocenters.